The van der Waals surface area contributed by atoms with Gasteiger partial charge in [-0.05, 0) is 39.5 Å². The number of nitrogens with zero attached hydrogens (tertiary/aromatic N) is 2. The summed E-state index contributed by atoms with van der Waals surface area (Å²) in [5, 5.41) is 3.62. The molecule has 1 N–H and O–H groups in total. The quantitative estimate of drug-likeness (QED) is 0.887. The van der Waals surface area contributed by atoms with Crippen molar-refractivity contribution < 1.29 is 4.74 Å². The van der Waals surface area contributed by atoms with E-state index in [0.717, 1.165) is 50.5 Å². The van der Waals surface area contributed by atoms with Gasteiger partial charge in [0.15, 0.2) is 0 Å². The minimum atomic E-state index is 0.0641. The van der Waals surface area contributed by atoms with Gasteiger partial charge in [0.05, 0.1) is 11.3 Å². The Labute approximate surface area is 116 Å². The Kier molecular flexibility index (Phi) is 4.50. The number of hydrogen-bond donors (Lipinski definition) is 1. The van der Waals surface area contributed by atoms with Gasteiger partial charge in [-0.3, -0.25) is 0 Å². The van der Waals surface area contributed by atoms with Crippen molar-refractivity contribution in [3.63, 3.8) is 0 Å². The summed E-state index contributed by atoms with van der Waals surface area (Å²) in [6.45, 7) is 10.5. The van der Waals surface area contributed by atoms with Gasteiger partial charge in [-0.15, -0.1) is 0 Å². The van der Waals surface area contributed by atoms with Crippen molar-refractivity contribution in [3.8, 4) is 0 Å². The fourth-order valence-electron chi connectivity index (χ4n) is 2.98. The Morgan fingerprint density at radius 1 is 1.42 bits per heavy atom. The first-order valence-electron chi connectivity index (χ1n) is 7.56. The number of rotatable bonds is 5. The molecule has 0 amide bonds. The van der Waals surface area contributed by atoms with Crippen molar-refractivity contribution in [3.05, 3.63) is 11.9 Å². The van der Waals surface area contributed by atoms with E-state index >= 15 is 0 Å². The normalized spacial score (nSPS) is 22.4. The molecule has 1 atom stereocenters. The molecule has 1 unspecified atom stereocenters. The van der Waals surface area contributed by atoms with Crippen LogP contribution >= 0.6 is 0 Å². The molecule has 1 aliphatic heterocycles. The number of anilines is 1. The van der Waals surface area contributed by atoms with E-state index in [2.05, 4.69) is 41.8 Å². The maximum absolute atomic E-state index is 6.03. The predicted octanol–water partition coefficient (Wildman–Crippen LogP) is 3.36. The summed E-state index contributed by atoms with van der Waals surface area (Å²) < 4.78 is 8.21. The van der Waals surface area contributed by atoms with Crippen molar-refractivity contribution in [1.29, 1.82) is 0 Å². The second-order valence-electron chi connectivity index (χ2n) is 5.56. The van der Waals surface area contributed by atoms with E-state index in [-0.39, 0.29) is 5.60 Å². The van der Waals surface area contributed by atoms with E-state index in [1.54, 1.807) is 0 Å². The number of imidazole rings is 1. The van der Waals surface area contributed by atoms with E-state index in [0.29, 0.717) is 6.04 Å². The van der Waals surface area contributed by atoms with Crippen molar-refractivity contribution in [2.24, 2.45) is 0 Å². The molecular weight excluding hydrogens is 238 g/mol. The fourth-order valence-corrected chi connectivity index (χ4v) is 2.98. The number of nitrogens with one attached hydrogen (secondary N) is 1. The summed E-state index contributed by atoms with van der Waals surface area (Å²) in [5.41, 5.74) is 1.14. The molecule has 0 bridgehead atoms. The number of hydrogen-bond acceptors (Lipinski definition) is 3. The lowest BCUT2D eigenvalue weighted by Gasteiger charge is -2.40. The molecule has 0 aromatic carbocycles. The Hall–Kier alpha value is -1.03. The van der Waals surface area contributed by atoms with Crippen LogP contribution in [0.3, 0.4) is 0 Å². The number of aromatic nitrogens is 2. The molecule has 2 rings (SSSR count). The highest BCUT2D eigenvalue weighted by Crippen LogP contribution is 2.32. The number of aryl methyl sites for hydroxylation is 2. The Balaban J connectivity index is 2.06. The van der Waals surface area contributed by atoms with Gasteiger partial charge < -0.3 is 14.6 Å². The number of ether oxygens (including phenoxy) is 1. The smallest absolute Gasteiger partial charge is 0.203 e. The van der Waals surface area contributed by atoms with Crippen molar-refractivity contribution in [2.45, 2.75) is 71.6 Å². The van der Waals surface area contributed by atoms with Crippen LogP contribution in [-0.4, -0.2) is 27.8 Å². The minimum Gasteiger partial charge on any atom is -0.375 e. The lowest BCUT2D eigenvalue weighted by molar-refractivity contribution is -0.0865. The monoisotopic (exact) mass is 265 g/mol. The largest absolute Gasteiger partial charge is 0.375 e. The molecule has 4 nitrogen and oxygen atoms in total. The van der Waals surface area contributed by atoms with Crippen LogP contribution in [0.4, 0.5) is 5.95 Å². The lowest BCUT2D eigenvalue weighted by atomic mass is 9.86. The van der Waals surface area contributed by atoms with E-state index < -0.39 is 0 Å². The Bertz CT molecular complexity index is 410. The first-order chi connectivity index (χ1) is 9.12. The summed E-state index contributed by atoms with van der Waals surface area (Å²) in [7, 11) is 0. The zero-order valence-corrected chi connectivity index (χ0v) is 12.7. The second-order valence-corrected chi connectivity index (χ2v) is 5.56. The van der Waals surface area contributed by atoms with Gasteiger partial charge in [-0.25, -0.2) is 4.98 Å². The highest BCUT2D eigenvalue weighted by Gasteiger charge is 2.34. The molecule has 19 heavy (non-hydrogen) atoms. The lowest BCUT2D eigenvalue weighted by Crippen LogP contribution is -2.44. The van der Waals surface area contributed by atoms with Crippen molar-refractivity contribution in [2.75, 3.05) is 11.9 Å². The highest BCUT2D eigenvalue weighted by molar-refractivity contribution is 5.30. The summed E-state index contributed by atoms with van der Waals surface area (Å²) >= 11 is 0. The average Bonchev–Trinajstić information content (AvgIpc) is 2.79. The second kappa shape index (κ2) is 5.95. The van der Waals surface area contributed by atoms with Crippen LogP contribution in [0.25, 0.3) is 0 Å². The third-order valence-electron chi connectivity index (χ3n) is 4.35. The molecule has 1 fully saturated rings. The van der Waals surface area contributed by atoms with Crippen LogP contribution in [0.2, 0.25) is 0 Å². The highest BCUT2D eigenvalue weighted by atomic mass is 16.5. The van der Waals surface area contributed by atoms with Gasteiger partial charge in [0.2, 0.25) is 5.95 Å². The molecule has 1 aromatic rings. The van der Waals surface area contributed by atoms with Crippen molar-refractivity contribution in [1.82, 2.24) is 9.55 Å². The van der Waals surface area contributed by atoms with E-state index in [1.807, 2.05) is 6.92 Å². The van der Waals surface area contributed by atoms with Crippen LogP contribution in [0.1, 0.15) is 52.1 Å². The first-order valence-corrected chi connectivity index (χ1v) is 7.56. The molecule has 108 valence electrons. The maximum atomic E-state index is 6.03. The van der Waals surface area contributed by atoms with Crippen LogP contribution in [0, 0.1) is 6.92 Å². The van der Waals surface area contributed by atoms with E-state index in [9.17, 15) is 0 Å². The third-order valence-corrected chi connectivity index (χ3v) is 4.35. The van der Waals surface area contributed by atoms with Crippen LogP contribution < -0.4 is 5.32 Å². The Morgan fingerprint density at radius 3 is 2.79 bits per heavy atom. The molecule has 4 heteroatoms. The molecule has 2 heterocycles. The first kappa shape index (κ1) is 14.4. The third kappa shape index (κ3) is 3.11. The zero-order chi connectivity index (χ0) is 13.9. The summed E-state index contributed by atoms with van der Waals surface area (Å²) in [5.74, 6) is 1.01. The molecule has 1 aliphatic rings. The maximum Gasteiger partial charge on any atom is 0.203 e. The standard InChI is InChI=1S/C15H27N3O/c1-5-15(6-2)10-13(8-9-19-15)17-14-16-12(4)11-18(14)7-3/h11,13H,5-10H2,1-4H3,(H,16,17). The predicted molar refractivity (Wildman–Crippen MR) is 78.5 cm³/mol. The SMILES string of the molecule is CCn1cc(C)nc1NC1CCOC(CC)(CC)C1. The molecule has 1 saturated heterocycles. The van der Waals surface area contributed by atoms with Crippen LogP contribution in [0.15, 0.2) is 6.20 Å². The van der Waals surface area contributed by atoms with E-state index in [1.165, 1.54) is 0 Å². The van der Waals surface area contributed by atoms with Gasteiger partial charge >= 0.3 is 0 Å². The van der Waals surface area contributed by atoms with Gasteiger partial charge in [0, 0.05) is 25.4 Å². The molecule has 0 spiro atoms. The summed E-state index contributed by atoms with van der Waals surface area (Å²) in [6, 6.07) is 0.473. The molecule has 0 saturated carbocycles. The summed E-state index contributed by atoms with van der Waals surface area (Å²) in [4.78, 5) is 4.59. The van der Waals surface area contributed by atoms with Gasteiger partial charge in [-0.1, -0.05) is 13.8 Å². The van der Waals surface area contributed by atoms with Crippen LogP contribution in [-0.2, 0) is 11.3 Å². The molecule has 1 aromatic heterocycles. The molecule has 0 radical (unpaired) electrons. The fraction of sp³-hybridized carbons (Fsp3) is 0.800. The van der Waals surface area contributed by atoms with Crippen LogP contribution in [0.5, 0.6) is 0 Å². The Morgan fingerprint density at radius 2 is 2.16 bits per heavy atom. The average molecular weight is 265 g/mol. The summed E-state index contributed by atoms with van der Waals surface area (Å²) in [6.07, 6.45) is 6.42. The zero-order valence-electron chi connectivity index (χ0n) is 12.7. The van der Waals surface area contributed by atoms with Gasteiger partial charge in [0.1, 0.15) is 0 Å². The van der Waals surface area contributed by atoms with Gasteiger partial charge in [0.25, 0.3) is 0 Å². The van der Waals surface area contributed by atoms with Gasteiger partial charge in [-0.2, -0.15) is 0 Å². The minimum absolute atomic E-state index is 0.0641. The molecular formula is C15H27N3O. The topological polar surface area (TPSA) is 39.1 Å². The molecule has 0 aliphatic carbocycles. The van der Waals surface area contributed by atoms with Crippen molar-refractivity contribution >= 4 is 5.95 Å². The van der Waals surface area contributed by atoms with E-state index in [4.69, 9.17) is 4.74 Å².